The van der Waals surface area contributed by atoms with Crippen LogP contribution in [-0.4, -0.2) is 38.6 Å². The summed E-state index contributed by atoms with van der Waals surface area (Å²) in [4.78, 5) is 6.43. The largest absolute Gasteiger partial charge is 0.472 e. The van der Waals surface area contributed by atoms with Crippen LogP contribution >= 0.6 is 0 Å². The van der Waals surface area contributed by atoms with Crippen molar-refractivity contribution in [2.75, 3.05) is 32.2 Å². The van der Waals surface area contributed by atoms with E-state index in [0.29, 0.717) is 23.6 Å². The minimum atomic E-state index is -0.302. The Bertz CT molecular complexity index is 973. The van der Waals surface area contributed by atoms with Gasteiger partial charge in [-0.25, -0.2) is 9.37 Å². The molecule has 1 fully saturated rings. The average Bonchev–Trinajstić information content (AvgIpc) is 2.75. The van der Waals surface area contributed by atoms with Gasteiger partial charge in [0, 0.05) is 56.2 Å². The second-order valence-electron chi connectivity index (χ2n) is 7.30. The summed E-state index contributed by atoms with van der Waals surface area (Å²) in [5, 5.41) is 0. The van der Waals surface area contributed by atoms with Gasteiger partial charge in [0.25, 0.3) is 0 Å². The van der Waals surface area contributed by atoms with Crippen molar-refractivity contribution in [3.05, 3.63) is 78.2 Å². The summed E-state index contributed by atoms with van der Waals surface area (Å²) < 4.78 is 31.5. The lowest BCUT2D eigenvalue weighted by atomic mass is 9.97. The number of hydrogen-bond acceptors (Lipinski definition) is 5. The van der Waals surface area contributed by atoms with Crippen LogP contribution in [0.1, 0.15) is 5.56 Å². The molecule has 5 nitrogen and oxygen atoms in total. The molecule has 1 aliphatic rings. The molecular weight excluding hydrogens is 383 g/mol. The van der Waals surface area contributed by atoms with E-state index in [1.165, 1.54) is 0 Å². The first-order chi connectivity index (χ1) is 14.7. The molecule has 4 rings (SSSR count). The molecule has 0 saturated carbocycles. The lowest BCUT2D eigenvalue weighted by Crippen LogP contribution is -2.53. The lowest BCUT2D eigenvalue weighted by Gasteiger charge is -2.43. The highest BCUT2D eigenvalue weighted by atomic mass is 19.1. The number of anilines is 1. The molecule has 0 radical (unpaired) electrons. The Morgan fingerprint density at radius 2 is 1.77 bits per heavy atom. The van der Waals surface area contributed by atoms with Crippen LogP contribution in [0.5, 0.6) is 5.88 Å². The summed E-state index contributed by atoms with van der Waals surface area (Å²) in [5.41, 5.74) is 2.98. The van der Waals surface area contributed by atoms with E-state index in [4.69, 9.17) is 14.2 Å². The molecule has 0 atom stereocenters. The fraction of sp³-hybridized carbons (Fsp3) is 0.292. The third-order valence-electron chi connectivity index (χ3n) is 5.36. The van der Waals surface area contributed by atoms with Crippen molar-refractivity contribution in [3.63, 3.8) is 0 Å². The molecule has 0 unspecified atom stereocenters. The Morgan fingerprint density at radius 3 is 2.47 bits per heavy atom. The molecule has 0 amide bonds. The van der Waals surface area contributed by atoms with E-state index < -0.39 is 0 Å². The highest BCUT2D eigenvalue weighted by Crippen LogP contribution is 2.34. The van der Waals surface area contributed by atoms with Gasteiger partial charge in [0.2, 0.25) is 5.88 Å². The van der Waals surface area contributed by atoms with Crippen LogP contribution in [0.4, 0.5) is 10.1 Å². The minimum Gasteiger partial charge on any atom is -0.472 e. The van der Waals surface area contributed by atoms with E-state index in [0.717, 1.165) is 24.3 Å². The minimum absolute atomic E-state index is 0.231. The van der Waals surface area contributed by atoms with Crippen LogP contribution in [0.3, 0.4) is 0 Å². The highest BCUT2D eigenvalue weighted by molar-refractivity contribution is 5.71. The summed E-state index contributed by atoms with van der Waals surface area (Å²) in [6, 6.07) is 18.7. The summed E-state index contributed by atoms with van der Waals surface area (Å²) in [6.07, 6.45) is 1.42. The smallest absolute Gasteiger partial charge is 0.221 e. The third kappa shape index (κ3) is 4.30. The summed E-state index contributed by atoms with van der Waals surface area (Å²) in [5.74, 6) is 0.391. The maximum absolute atomic E-state index is 15.0. The number of aromatic nitrogens is 1. The number of rotatable bonds is 8. The van der Waals surface area contributed by atoms with Gasteiger partial charge in [-0.2, -0.15) is 0 Å². The molecule has 0 spiro atoms. The van der Waals surface area contributed by atoms with E-state index in [9.17, 15) is 0 Å². The van der Waals surface area contributed by atoms with E-state index in [2.05, 4.69) is 9.88 Å². The van der Waals surface area contributed by atoms with Crippen molar-refractivity contribution < 1.29 is 18.6 Å². The SMILES string of the molecule is COC(OC)C1CN(c2ccc(-c3cccnc3OCc3ccccc3)c(F)c2)C1. The van der Waals surface area contributed by atoms with Crippen molar-refractivity contribution in [1.82, 2.24) is 4.98 Å². The van der Waals surface area contributed by atoms with Crippen LogP contribution in [0.25, 0.3) is 11.1 Å². The first-order valence-corrected chi connectivity index (χ1v) is 9.91. The average molecular weight is 408 g/mol. The number of halogens is 1. The van der Waals surface area contributed by atoms with Gasteiger partial charge in [-0.15, -0.1) is 0 Å². The van der Waals surface area contributed by atoms with Gasteiger partial charge >= 0.3 is 0 Å². The highest BCUT2D eigenvalue weighted by Gasteiger charge is 2.34. The van der Waals surface area contributed by atoms with Gasteiger partial charge in [0.15, 0.2) is 6.29 Å². The number of benzene rings is 2. The van der Waals surface area contributed by atoms with Gasteiger partial charge in [0.1, 0.15) is 12.4 Å². The molecule has 30 heavy (non-hydrogen) atoms. The summed E-state index contributed by atoms with van der Waals surface area (Å²) in [7, 11) is 3.27. The van der Waals surface area contributed by atoms with E-state index in [1.807, 2.05) is 42.5 Å². The molecule has 0 N–H and O–H groups in total. The second kappa shape index (κ2) is 9.24. The molecule has 1 aromatic heterocycles. The van der Waals surface area contributed by atoms with Crippen LogP contribution in [0, 0.1) is 11.7 Å². The zero-order chi connectivity index (χ0) is 20.9. The number of pyridine rings is 1. The van der Waals surface area contributed by atoms with Crippen molar-refractivity contribution in [2.24, 2.45) is 5.92 Å². The van der Waals surface area contributed by atoms with Crippen molar-refractivity contribution >= 4 is 5.69 Å². The molecule has 0 bridgehead atoms. The van der Waals surface area contributed by atoms with Gasteiger partial charge in [0.05, 0.1) is 0 Å². The van der Waals surface area contributed by atoms with Crippen molar-refractivity contribution in [2.45, 2.75) is 12.9 Å². The van der Waals surface area contributed by atoms with Crippen LogP contribution in [-0.2, 0) is 16.1 Å². The monoisotopic (exact) mass is 408 g/mol. The first kappa shape index (κ1) is 20.3. The first-order valence-electron chi connectivity index (χ1n) is 9.91. The van der Waals surface area contributed by atoms with Gasteiger partial charge in [-0.1, -0.05) is 30.3 Å². The van der Waals surface area contributed by atoms with Gasteiger partial charge in [-0.05, 0) is 35.9 Å². The standard InChI is InChI=1S/C24H25FN2O3/c1-28-24(29-2)18-14-27(15-18)19-10-11-20(22(25)13-19)21-9-6-12-26-23(21)30-16-17-7-4-3-5-8-17/h3-13,18,24H,14-16H2,1-2H3. The quantitative estimate of drug-likeness (QED) is 0.513. The van der Waals surface area contributed by atoms with Crippen molar-refractivity contribution in [3.8, 4) is 17.0 Å². The van der Waals surface area contributed by atoms with Crippen LogP contribution < -0.4 is 9.64 Å². The second-order valence-corrected chi connectivity index (χ2v) is 7.30. The topological polar surface area (TPSA) is 43.8 Å². The zero-order valence-electron chi connectivity index (χ0n) is 17.1. The Hall–Kier alpha value is -2.96. The molecule has 1 aliphatic heterocycles. The normalized spacial score (nSPS) is 14.1. The fourth-order valence-corrected chi connectivity index (χ4v) is 3.73. The van der Waals surface area contributed by atoms with E-state index in [1.54, 1.807) is 38.6 Å². The number of methoxy groups -OCH3 is 2. The predicted molar refractivity (Wildman–Crippen MR) is 114 cm³/mol. The summed E-state index contributed by atoms with van der Waals surface area (Å²) in [6.45, 7) is 1.91. The zero-order valence-corrected chi connectivity index (χ0v) is 17.1. The Labute approximate surface area is 176 Å². The Morgan fingerprint density at radius 1 is 1.00 bits per heavy atom. The summed E-state index contributed by atoms with van der Waals surface area (Å²) >= 11 is 0. The molecule has 2 heterocycles. The fourth-order valence-electron chi connectivity index (χ4n) is 3.73. The molecular formula is C24H25FN2O3. The Kier molecular flexibility index (Phi) is 6.26. The van der Waals surface area contributed by atoms with Gasteiger partial charge < -0.3 is 19.1 Å². The van der Waals surface area contributed by atoms with Crippen LogP contribution in [0.15, 0.2) is 66.9 Å². The maximum Gasteiger partial charge on any atom is 0.221 e. The molecule has 2 aromatic carbocycles. The number of ether oxygens (including phenoxy) is 3. The van der Waals surface area contributed by atoms with E-state index in [-0.39, 0.29) is 18.0 Å². The van der Waals surface area contributed by atoms with E-state index >= 15 is 4.39 Å². The Balaban J connectivity index is 1.49. The molecule has 0 aliphatic carbocycles. The maximum atomic E-state index is 15.0. The number of nitrogens with zero attached hydrogens (tertiary/aromatic N) is 2. The van der Waals surface area contributed by atoms with Crippen LogP contribution in [0.2, 0.25) is 0 Å². The van der Waals surface area contributed by atoms with Gasteiger partial charge in [-0.3, -0.25) is 0 Å². The molecule has 3 aromatic rings. The molecule has 1 saturated heterocycles. The predicted octanol–water partition coefficient (Wildman–Crippen LogP) is 4.52. The number of hydrogen-bond donors (Lipinski definition) is 0. The third-order valence-corrected chi connectivity index (χ3v) is 5.36. The molecule has 6 heteroatoms. The molecule has 156 valence electrons. The van der Waals surface area contributed by atoms with Crippen molar-refractivity contribution in [1.29, 1.82) is 0 Å². The lowest BCUT2D eigenvalue weighted by molar-refractivity contribution is -0.142.